The SMILES string of the molecule is NC(=O)c1cc2ccc(NC3CC4CCCN4C3)nc2s1. The molecule has 0 spiro atoms. The Morgan fingerprint density at radius 1 is 1.48 bits per heavy atom. The van der Waals surface area contributed by atoms with Crippen molar-refractivity contribution in [3.8, 4) is 0 Å². The van der Waals surface area contributed by atoms with Gasteiger partial charge < -0.3 is 11.1 Å². The molecule has 2 aliphatic rings. The number of pyridine rings is 1. The van der Waals surface area contributed by atoms with E-state index in [4.69, 9.17) is 5.73 Å². The number of nitrogens with two attached hydrogens (primary N) is 1. The first-order chi connectivity index (χ1) is 10.2. The number of hydrogen-bond acceptors (Lipinski definition) is 5. The van der Waals surface area contributed by atoms with Crippen LogP contribution in [0.25, 0.3) is 10.2 Å². The lowest BCUT2D eigenvalue weighted by molar-refractivity contribution is 0.100. The van der Waals surface area contributed by atoms with Crippen LogP contribution >= 0.6 is 11.3 Å². The highest BCUT2D eigenvalue weighted by Crippen LogP contribution is 2.30. The molecule has 4 rings (SSSR count). The number of nitrogens with one attached hydrogen (secondary N) is 1. The van der Waals surface area contributed by atoms with E-state index < -0.39 is 0 Å². The first kappa shape index (κ1) is 13.0. The number of amides is 1. The van der Waals surface area contributed by atoms with Crippen molar-refractivity contribution < 1.29 is 4.79 Å². The van der Waals surface area contributed by atoms with Gasteiger partial charge in [0.25, 0.3) is 5.91 Å². The molecule has 110 valence electrons. The Labute approximate surface area is 127 Å². The Balaban J connectivity index is 1.52. The molecule has 5 nitrogen and oxygen atoms in total. The summed E-state index contributed by atoms with van der Waals surface area (Å²) < 4.78 is 0. The standard InChI is InChI=1S/C15H18N4OS/c16-14(20)12-6-9-3-4-13(18-15(9)21-12)17-10-7-11-2-1-5-19(11)8-10/h3-4,6,10-11H,1-2,5,7-8H2,(H2,16,20)(H,17,18). The van der Waals surface area contributed by atoms with Gasteiger partial charge in [-0.15, -0.1) is 11.3 Å². The number of fused-ring (bicyclic) bond motifs is 2. The molecule has 4 heterocycles. The zero-order valence-corrected chi connectivity index (χ0v) is 12.5. The van der Waals surface area contributed by atoms with Crippen molar-refractivity contribution in [1.29, 1.82) is 0 Å². The van der Waals surface area contributed by atoms with Gasteiger partial charge in [-0.2, -0.15) is 0 Å². The summed E-state index contributed by atoms with van der Waals surface area (Å²) in [6, 6.07) is 7.04. The predicted molar refractivity (Wildman–Crippen MR) is 84.8 cm³/mol. The van der Waals surface area contributed by atoms with Crippen LogP contribution in [0.4, 0.5) is 5.82 Å². The second-order valence-electron chi connectivity index (χ2n) is 5.93. The lowest BCUT2D eigenvalue weighted by Crippen LogP contribution is -2.26. The van der Waals surface area contributed by atoms with E-state index in [0.29, 0.717) is 10.9 Å². The quantitative estimate of drug-likeness (QED) is 0.910. The molecule has 2 fully saturated rings. The molecule has 21 heavy (non-hydrogen) atoms. The van der Waals surface area contributed by atoms with E-state index in [2.05, 4.69) is 15.2 Å². The molecule has 2 saturated heterocycles. The van der Waals surface area contributed by atoms with Gasteiger partial charge in [0.1, 0.15) is 10.6 Å². The van der Waals surface area contributed by atoms with Crippen molar-refractivity contribution in [2.75, 3.05) is 18.4 Å². The zero-order chi connectivity index (χ0) is 14.4. The summed E-state index contributed by atoms with van der Waals surface area (Å²) in [6.45, 7) is 2.35. The van der Waals surface area contributed by atoms with E-state index in [9.17, 15) is 4.79 Å². The molecule has 2 atom stereocenters. The minimum absolute atomic E-state index is 0.385. The third-order valence-corrected chi connectivity index (χ3v) is 5.55. The van der Waals surface area contributed by atoms with Crippen LogP contribution in [-0.4, -0.2) is 41.0 Å². The van der Waals surface area contributed by atoms with Crippen LogP contribution in [0, 0.1) is 0 Å². The molecule has 0 radical (unpaired) electrons. The van der Waals surface area contributed by atoms with Gasteiger partial charge in [-0.1, -0.05) is 0 Å². The summed E-state index contributed by atoms with van der Waals surface area (Å²) >= 11 is 1.36. The van der Waals surface area contributed by atoms with E-state index in [1.165, 1.54) is 37.1 Å². The van der Waals surface area contributed by atoms with E-state index in [1.807, 2.05) is 18.2 Å². The smallest absolute Gasteiger partial charge is 0.258 e. The summed E-state index contributed by atoms with van der Waals surface area (Å²) in [5, 5.41) is 4.52. The van der Waals surface area contributed by atoms with Gasteiger partial charge in [-0.05, 0) is 44.0 Å². The van der Waals surface area contributed by atoms with Gasteiger partial charge in [0.2, 0.25) is 0 Å². The molecule has 0 bridgehead atoms. The highest BCUT2D eigenvalue weighted by Gasteiger charge is 2.35. The maximum absolute atomic E-state index is 11.2. The highest BCUT2D eigenvalue weighted by atomic mass is 32.1. The first-order valence-electron chi connectivity index (χ1n) is 7.40. The third kappa shape index (κ3) is 2.38. The second kappa shape index (κ2) is 4.96. The number of nitrogens with zero attached hydrogens (tertiary/aromatic N) is 2. The van der Waals surface area contributed by atoms with Crippen molar-refractivity contribution in [2.45, 2.75) is 31.3 Å². The largest absolute Gasteiger partial charge is 0.366 e. The van der Waals surface area contributed by atoms with Gasteiger partial charge in [-0.25, -0.2) is 4.98 Å². The fourth-order valence-corrected chi connectivity index (χ4v) is 4.41. The Morgan fingerprint density at radius 2 is 2.38 bits per heavy atom. The summed E-state index contributed by atoms with van der Waals surface area (Å²) in [7, 11) is 0. The van der Waals surface area contributed by atoms with Gasteiger partial charge in [0.15, 0.2) is 0 Å². The number of primary amides is 1. The fraction of sp³-hybridized carbons (Fsp3) is 0.467. The molecule has 1 amide bonds. The van der Waals surface area contributed by atoms with Crippen LogP contribution in [0.15, 0.2) is 18.2 Å². The number of hydrogen-bond donors (Lipinski definition) is 2. The average molecular weight is 302 g/mol. The van der Waals surface area contributed by atoms with Crippen LogP contribution in [0.2, 0.25) is 0 Å². The maximum atomic E-state index is 11.2. The highest BCUT2D eigenvalue weighted by molar-refractivity contribution is 7.20. The van der Waals surface area contributed by atoms with Gasteiger partial charge >= 0.3 is 0 Å². The minimum atomic E-state index is -0.385. The fourth-order valence-electron chi connectivity index (χ4n) is 3.52. The number of carbonyl (C=O) groups is 1. The molecule has 2 unspecified atom stereocenters. The lowest BCUT2D eigenvalue weighted by atomic mass is 10.1. The molecule has 0 aliphatic carbocycles. The van der Waals surface area contributed by atoms with Crippen LogP contribution in [0.3, 0.4) is 0 Å². The van der Waals surface area contributed by atoms with Crippen molar-refractivity contribution in [2.24, 2.45) is 5.73 Å². The number of rotatable bonds is 3. The third-order valence-electron chi connectivity index (χ3n) is 4.49. The number of carbonyl (C=O) groups excluding carboxylic acids is 1. The van der Waals surface area contributed by atoms with Crippen LogP contribution in [-0.2, 0) is 0 Å². The van der Waals surface area contributed by atoms with Crippen molar-refractivity contribution >= 4 is 33.3 Å². The minimum Gasteiger partial charge on any atom is -0.366 e. The summed E-state index contributed by atoms with van der Waals surface area (Å²) in [5.74, 6) is 0.510. The van der Waals surface area contributed by atoms with E-state index in [1.54, 1.807) is 0 Å². The van der Waals surface area contributed by atoms with Crippen molar-refractivity contribution in [3.63, 3.8) is 0 Å². The molecule has 3 N–H and O–H groups in total. The molecule has 0 aromatic carbocycles. The molecule has 6 heteroatoms. The summed E-state index contributed by atoms with van der Waals surface area (Å²) in [5.41, 5.74) is 5.32. The topological polar surface area (TPSA) is 71.2 Å². The van der Waals surface area contributed by atoms with E-state index >= 15 is 0 Å². The van der Waals surface area contributed by atoms with Crippen LogP contribution in [0.1, 0.15) is 28.9 Å². The van der Waals surface area contributed by atoms with Crippen molar-refractivity contribution in [1.82, 2.24) is 9.88 Å². The average Bonchev–Trinajstić information content (AvgIpc) is 3.10. The number of aromatic nitrogens is 1. The van der Waals surface area contributed by atoms with Gasteiger partial charge in [-0.3, -0.25) is 9.69 Å². The summed E-state index contributed by atoms with van der Waals surface area (Å²) in [4.78, 5) is 19.9. The van der Waals surface area contributed by atoms with Gasteiger partial charge in [0.05, 0.1) is 4.88 Å². The monoisotopic (exact) mass is 302 g/mol. The Morgan fingerprint density at radius 3 is 3.19 bits per heavy atom. The molecule has 0 saturated carbocycles. The Kier molecular flexibility index (Phi) is 3.08. The lowest BCUT2D eigenvalue weighted by Gasteiger charge is -2.14. The second-order valence-corrected chi connectivity index (χ2v) is 6.96. The van der Waals surface area contributed by atoms with Gasteiger partial charge in [0, 0.05) is 24.0 Å². The zero-order valence-electron chi connectivity index (χ0n) is 11.7. The number of thiophene rings is 1. The summed E-state index contributed by atoms with van der Waals surface area (Å²) in [6.07, 6.45) is 3.88. The molecule has 2 aromatic rings. The van der Waals surface area contributed by atoms with E-state index in [-0.39, 0.29) is 5.91 Å². The van der Waals surface area contributed by atoms with E-state index in [0.717, 1.165) is 28.6 Å². The molecular formula is C15H18N4OS. The molecule has 2 aromatic heterocycles. The Hall–Kier alpha value is -1.66. The molecule has 2 aliphatic heterocycles. The van der Waals surface area contributed by atoms with Crippen molar-refractivity contribution in [3.05, 3.63) is 23.1 Å². The first-order valence-corrected chi connectivity index (χ1v) is 8.22. The van der Waals surface area contributed by atoms with Crippen LogP contribution in [0.5, 0.6) is 0 Å². The Bertz CT molecular complexity index is 686. The normalized spacial score (nSPS) is 25.3. The maximum Gasteiger partial charge on any atom is 0.258 e. The predicted octanol–water partition coefficient (Wildman–Crippen LogP) is 2.04. The number of anilines is 1. The molecular weight excluding hydrogens is 284 g/mol. The van der Waals surface area contributed by atoms with Crippen LogP contribution < -0.4 is 11.1 Å².